The van der Waals surface area contributed by atoms with E-state index in [-0.39, 0.29) is 0 Å². The van der Waals surface area contributed by atoms with Gasteiger partial charge in [-0.25, -0.2) is 0 Å². The molecule has 0 bridgehead atoms. The van der Waals surface area contributed by atoms with Crippen LogP contribution in [0.2, 0.25) is 0 Å². The first-order valence-electron chi connectivity index (χ1n) is 10.6. The Morgan fingerprint density at radius 3 is 1.55 bits per heavy atom. The van der Waals surface area contributed by atoms with Gasteiger partial charge in [-0.3, -0.25) is 0 Å². The molecule has 0 radical (unpaired) electrons. The van der Waals surface area contributed by atoms with E-state index in [4.69, 9.17) is 18.9 Å². The van der Waals surface area contributed by atoms with Crippen LogP contribution in [0.4, 0.5) is 0 Å². The van der Waals surface area contributed by atoms with E-state index in [9.17, 15) is 0 Å². The number of hydrogen-bond acceptors (Lipinski definition) is 4. The van der Waals surface area contributed by atoms with Gasteiger partial charge in [-0.05, 0) is 36.7 Å². The topological polar surface area (TPSA) is 36.9 Å². The lowest BCUT2D eigenvalue weighted by atomic mass is 10.0. The summed E-state index contributed by atoms with van der Waals surface area (Å²) >= 11 is 0. The normalized spacial score (nSPS) is 10.7. The number of rotatable bonds is 8. The fourth-order valence-electron chi connectivity index (χ4n) is 4.02. The van der Waals surface area contributed by atoms with Crippen molar-refractivity contribution in [2.45, 2.75) is 0 Å². The van der Waals surface area contributed by atoms with Crippen LogP contribution >= 0.6 is 7.92 Å². The Balaban J connectivity index is 2.12. The van der Waals surface area contributed by atoms with E-state index in [1.54, 1.807) is 28.4 Å². The molecule has 0 saturated heterocycles. The lowest BCUT2D eigenvalue weighted by Crippen LogP contribution is -2.24. The molecule has 168 valence electrons. The van der Waals surface area contributed by atoms with Gasteiger partial charge in [0.15, 0.2) is 11.5 Å². The van der Waals surface area contributed by atoms with E-state index >= 15 is 0 Å². The highest BCUT2D eigenvalue weighted by atomic mass is 31.1. The first kappa shape index (κ1) is 22.7. The zero-order chi connectivity index (χ0) is 23.2. The van der Waals surface area contributed by atoms with Gasteiger partial charge in [0.25, 0.3) is 0 Å². The zero-order valence-electron chi connectivity index (χ0n) is 19.2. The monoisotopic (exact) mass is 458 g/mol. The molecule has 0 heterocycles. The molecular weight excluding hydrogens is 431 g/mol. The number of hydrogen-bond donors (Lipinski definition) is 0. The predicted octanol–water partition coefficient (Wildman–Crippen LogP) is 5.15. The molecule has 4 aromatic carbocycles. The van der Waals surface area contributed by atoms with E-state index in [0.29, 0.717) is 11.5 Å². The van der Waals surface area contributed by atoms with Crippen molar-refractivity contribution in [3.63, 3.8) is 0 Å². The van der Waals surface area contributed by atoms with Crippen molar-refractivity contribution < 1.29 is 18.9 Å². The summed E-state index contributed by atoms with van der Waals surface area (Å²) in [5, 5.41) is 3.50. The van der Waals surface area contributed by atoms with Gasteiger partial charge in [-0.1, -0.05) is 72.8 Å². The fraction of sp³-hybridized carbons (Fsp3) is 0.143. The molecule has 0 aliphatic carbocycles. The molecule has 0 aliphatic rings. The molecule has 5 heteroatoms. The van der Waals surface area contributed by atoms with Crippen LogP contribution < -0.4 is 34.9 Å². The molecule has 4 rings (SSSR count). The standard InChI is InChI=1S/C28H27O4P/c1-29-23-18-19-25(31-3)28(26(23)22-16-11-17-24(30-2)27(22)32-4)33(20-12-7-5-8-13-20)21-14-9-6-10-15-21/h5-19H,1-4H3. The molecular formula is C28H27O4P. The molecule has 0 aliphatic heterocycles. The largest absolute Gasteiger partial charge is 0.496 e. The Bertz CT molecular complexity index is 1170. The van der Waals surface area contributed by atoms with Crippen LogP contribution in [0.1, 0.15) is 0 Å². The van der Waals surface area contributed by atoms with Crippen LogP contribution in [0.15, 0.2) is 91.0 Å². The minimum absolute atomic E-state index is 0.656. The summed E-state index contributed by atoms with van der Waals surface area (Å²) in [4.78, 5) is 0. The van der Waals surface area contributed by atoms with Gasteiger partial charge < -0.3 is 18.9 Å². The summed E-state index contributed by atoms with van der Waals surface area (Å²) in [7, 11) is 5.73. The van der Waals surface area contributed by atoms with Gasteiger partial charge >= 0.3 is 0 Å². The average molecular weight is 458 g/mol. The van der Waals surface area contributed by atoms with Crippen molar-refractivity contribution >= 4 is 23.8 Å². The highest BCUT2D eigenvalue weighted by molar-refractivity contribution is 7.80. The van der Waals surface area contributed by atoms with E-state index in [2.05, 4.69) is 48.5 Å². The van der Waals surface area contributed by atoms with E-state index < -0.39 is 7.92 Å². The summed E-state index contributed by atoms with van der Waals surface area (Å²) in [6.45, 7) is 0. The Hall–Kier alpha value is -3.49. The molecule has 0 saturated carbocycles. The van der Waals surface area contributed by atoms with E-state index in [1.807, 2.05) is 42.5 Å². The minimum Gasteiger partial charge on any atom is -0.496 e. The third-order valence-corrected chi connectivity index (χ3v) is 7.99. The number of para-hydroxylation sites is 1. The minimum atomic E-state index is -0.972. The Morgan fingerprint density at radius 2 is 1.03 bits per heavy atom. The summed E-state index contributed by atoms with van der Waals surface area (Å²) in [6, 6.07) is 30.9. The van der Waals surface area contributed by atoms with Crippen molar-refractivity contribution in [2.75, 3.05) is 28.4 Å². The van der Waals surface area contributed by atoms with Crippen LogP contribution in [-0.2, 0) is 0 Å². The third kappa shape index (κ3) is 4.40. The molecule has 0 atom stereocenters. The first-order valence-corrected chi connectivity index (χ1v) is 11.9. The Kier molecular flexibility index (Phi) is 7.16. The van der Waals surface area contributed by atoms with Gasteiger partial charge in [0.1, 0.15) is 11.5 Å². The van der Waals surface area contributed by atoms with Crippen LogP contribution in [0.3, 0.4) is 0 Å². The van der Waals surface area contributed by atoms with Gasteiger partial charge in [0, 0.05) is 16.4 Å². The Morgan fingerprint density at radius 1 is 0.485 bits per heavy atom. The molecule has 0 aromatic heterocycles. The van der Waals surface area contributed by atoms with Crippen molar-refractivity contribution in [1.29, 1.82) is 0 Å². The van der Waals surface area contributed by atoms with Gasteiger partial charge in [-0.15, -0.1) is 0 Å². The SMILES string of the molecule is COc1cccc(-c2c(OC)ccc(OC)c2P(c2ccccc2)c2ccccc2)c1OC. The third-order valence-electron chi connectivity index (χ3n) is 5.47. The smallest absolute Gasteiger partial charge is 0.168 e. The maximum absolute atomic E-state index is 5.95. The van der Waals surface area contributed by atoms with Gasteiger partial charge in [0.05, 0.1) is 28.4 Å². The lowest BCUT2D eigenvalue weighted by molar-refractivity contribution is 0.356. The van der Waals surface area contributed by atoms with E-state index in [1.165, 1.54) is 10.6 Å². The maximum Gasteiger partial charge on any atom is 0.168 e. The molecule has 0 fully saturated rings. The highest BCUT2D eigenvalue weighted by Gasteiger charge is 2.29. The predicted molar refractivity (Wildman–Crippen MR) is 137 cm³/mol. The fourth-order valence-corrected chi connectivity index (χ4v) is 6.61. The quantitative estimate of drug-likeness (QED) is 0.343. The van der Waals surface area contributed by atoms with Gasteiger partial charge in [-0.2, -0.15) is 0 Å². The average Bonchev–Trinajstić information content (AvgIpc) is 2.89. The summed E-state index contributed by atoms with van der Waals surface area (Å²) < 4.78 is 23.3. The molecule has 33 heavy (non-hydrogen) atoms. The summed E-state index contributed by atoms with van der Waals surface area (Å²) in [5.74, 6) is 2.87. The highest BCUT2D eigenvalue weighted by Crippen LogP contribution is 2.48. The lowest BCUT2D eigenvalue weighted by Gasteiger charge is -2.26. The molecule has 0 unspecified atom stereocenters. The second kappa shape index (κ2) is 10.4. The number of benzene rings is 4. The Labute approximate surface area is 196 Å². The second-order valence-electron chi connectivity index (χ2n) is 7.24. The van der Waals surface area contributed by atoms with Crippen molar-refractivity contribution in [1.82, 2.24) is 0 Å². The van der Waals surface area contributed by atoms with Crippen LogP contribution in [0.25, 0.3) is 11.1 Å². The van der Waals surface area contributed by atoms with Gasteiger partial charge in [0.2, 0.25) is 0 Å². The van der Waals surface area contributed by atoms with E-state index in [0.717, 1.165) is 27.9 Å². The van der Waals surface area contributed by atoms with Crippen LogP contribution in [0, 0.1) is 0 Å². The first-order chi connectivity index (χ1) is 16.2. The molecule has 4 aromatic rings. The van der Waals surface area contributed by atoms with Crippen molar-refractivity contribution in [3.05, 3.63) is 91.0 Å². The molecule has 0 spiro atoms. The summed E-state index contributed by atoms with van der Waals surface area (Å²) in [6.07, 6.45) is 0. The summed E-state index contributed by atoms with van der Waals surface area (Å²) in [5.41, 5.74) is 1.83. The number of ether oxygens (including phenoxy) is 4. The maximum atomic E-state index is 5.95. The zero-order valence-corrected chi connectivity index (χ0v) is 20.1. The second-order valence-corrected chi connectivity index (χ2v) is 9.39. The van der Waals surface area contributed by atoms with Crippen molar-refractivity contribution in [3.8, 4) is 34.1 Å². The van der Waals surface area contributed by atoms with Crippen LogP contribution in [-0.4, -0.2) is 28.4 Å². The molecule has 0 N–H and O–H groups in total. The van der Waals surface area contributed by atoms with Crippen LogP contribution in [0.5, 0.6) is 23.0 Å². The molecule has 0 amide bonds. The molecule has 4 nitrogen and oxygen atoms in total. The van der Waals surface area contributed by atoms with Crippen molar-refractivity contribution in [2.24, 2.45) is 0 Å². The number of methoxy groups -OCH3 is 4.